The van der Waals surface area contributed by atoms with E-state index in [4.69, 9.17) is 0 Å². The average molecular weight is 227 g/mol. The maximum atomic E-state index is 9.66. The van der Waals surface area contributed by atoms with Crippen LogP contribution in [0.25, 0.3) is 0 Å². The summed E-state index contributed by atoms with van der Waals surface area (Å²) in [5.74, 6) is 1.75. The lowest BCUT2D eigenvalue weighted by atomic mass is 10.2. The SMILES string of the molecule is CC(C)c1nsc(NCC(O)C2CC2)n1. The fraction of sp³-hybridized carbons (Fsp3) is 0.800. The zero-order valence-electron chi connectivity index (χ0n) is 9.10. The standard InChI is InChI=1S/C10H17N3OS/c1-6(2)9-12-10(15-13-9)11-5-8(14)7-3-4-7/h6-8,14H,3-5H2,1-2H3,(H,11,12,13). The van der Waals surface area contributed by atoms with Crippen molar-refractivity contribution in [2.45, 2.75) is 38.7 Å². The molecule has 1 fully saturated rings. The van der Waals surface area contributed by atoms with E-state index in [1.165, 1.54) is 11.5 Å². The molecule has 1 aromatic heterocycles. The van der Waals surface area contributed by atoms with Gasteiger partial charge in [0.15, 0.2) is 0 Å². The average Bonchev–Trinajstić information content (AvgIpc) is 2.93. The van der Waals surface area contributed by atoms with Crippen LogP contribution < -0.4 is 5.32 Å². The molecule has 1 aliphatic rings. The van der Waals surface area contributed by atoms with E-state index in [0.717, 1.165) is 23.8 Å². The molecule has 5 heteroatoms. The third-order valence-electron chi connectivity index (χ3n) is 2.59. The number of nitrogens with zero attached hydrogens (tertiary/aromatic N) is 2. The summed E-state index contributed by atoms with van der Waals surface area (Å²) in [6.07, 6.45) is 2.10. The van der Waals surface area contributed by atoms with Crippen LogP contribution in [0.3, 0.4) is 0 Å². The highest BCUT2D eigenvalue weighted by atomic mass is 32.1. The summed E-state index contributed by atoms with van der Waals surface area (Å²) in [6.45, 7) is 4.74. The van der Waals surface area contributed by atoms with Crippen molar-refractivity contribution in [2.75, 3.05) is 11.9 Å². The van der Waals surface area contributed by atoms with Crippen LogP contribution in [-0.2, 0) is 0 Å². The molecule has 2 rings (SSSR count). The van der Waals surface area contributed by atoms with Crippen molar-refractivity contribution in [3.63, 3.8) is 0 Å². The van der Waals surface area contributed by atoms with E-state index in [0.29, 0.717) is 18.4 Å². The van der Waals surface area contributed by atoms with Crippen LogP contribution in [0.5, 0.6) is 0 Å². The van der Waals surface area contributed by atoms with Gasteiger partial charge in [0.2, 0.25) is 5.13 Å². The van der Waals surface area contributed by atoms with E-state index in [2.05, 4.69) is 28.5 Å². The Morgan fingerprint density at radius 1 is 1.53 bits per heavy atom. The minimum absolute atomic E-state index is 0.226. The summed E-state index contributed by atoms with van der Waals surface area (Å²) in [5, 5.41) is 13.6. The monoisotopic (exact) mass is 227 g/mol. The van der Waals surface area contributed by atoms with E-state index >= 15 is 0 Å². The largest absolute Gasteiger partial charge is 0.391 e. The smallest absolute Gasteiger partial charge is 0.202 e. The van der Waals surface area contributed by atoms with Gasteiger partial charge in [-0.3, -0.25) is 0 Å². The first-order valence-corrected chi connectivity index (χ1v) is 6.19. The molecule has 4 nitrogen and oxygen atoms in total. The Balaban J connectivity index is 1.82. The second-order valence-electron chi connectivity index (χ2n) is 4.40. The highest BCUT2D eigenvalue weighted by molar-refractivity contribution is 7.09. The van der Waals surface area contributed by atoms with Crippen LogP contribution in [0.4, 0.5) is 5.13 Å². The number of hydrogen-bond acceptors (Lipinski definition) is 5. The minimum atomic E-state index is -0.226. The Bertz CT molecular complexity index is 322. The first kappa shape index (κ1) is 10.8. The molecule has 1 aliphatic carbocycles. The van der Waals surface area contributed by atoms with Crippen molar-refractivity contribution in [1.29, 1.82) is 0 Å². The van der Waals surface area contributed by atoms with Crippen molar-refractivity contribution < 1.29 is 5.11 Å². The Kier molecular flexibility index (Phi) is 3.21. The van der Waals surface area contributed by atoms with Crippen molar-refractivity contribution >= 4 is 16.7 Å². The van der Waals surface area contributed by atoms with Crippen LogP contribution in [0, 0.1) is 5.92 Å². The van der Waals surface area contributed by atoms with E-state index in [1.54, 1.807) is 0 Å². The molecule has 0 aliphatic heterocycles. The lowest BCUT2D eigenvalue weighted by Crippen LogP contribution is -2.21. The van der Waals surface area contributed by atoms with Crippen LogP contribution in [-0.4, -0.2) is 27.1 Å². The van der Waals surface area contributed by atoms with E-state index in [9.17, 15) is 5.11 Å². The van der Waals surface area contributed by atoms with Gasteiger partial charge in [-0.25, -0.2) is 4.98 Å². The lowest BCUT2D eigenvalue weighted by Gasteiger charge is -2.08. The molecule has 0 aromatic carbocycles. The third-order valence-corrected chi connectivity index (χ3v) is 3.27. The minimum Gasteiger partial charge on any atom is -0.391 e. The van der Waals surface area contributed by atoms with Gasteiger partial charge >= 0.3 is 0 Å². The summed E-state index contributed by atoms with van der Waals surface area (Å²) in [7, 11) is 0. The van der Waals surface area contributed by atoms with Gasteiger partial charge in [-0.05, 0) is 18.8 Å². The Labute approximate surface area is 93.9 Å². The van der Waals surface area contributed by atoms with E-state index in [-0.39, 0.29) is 6.10 Å². The number of rotatable bonds is 5. The summed E-state index contributed by atoms with van der Waals surface area (Å²) in [6, 6.07) is 0. The maximum Gasteiger partial charge on any atom is 0.202 e. The summed E-state index contributed by atoms with van der Waals surface area (Å²) in [5.41, 5.74) is 0. The van der Waals surface area contributed by atoms with Crippen molar-refractivity contribution in [2.24, 2.45) is 5.92 Å². The van der Waals surface area contributed by atoms with Gasteiger partial charge in [0.1, 0.15) is 5.82 Å². The molecule has 0 amide bonds. The number of aliphatic hydroxyl groups excluding tert-OH is 1. The Morgan fingerprint density at radius 2 is 2.27 bits per heavy atom. The van der Waals surface area contributed by atoms with Gasteiger partial charge < -0.3 is 10.4 Å². The highest BCUT2D eigenvalue weighted by Gasteiger charge is 2.29. The van der Waals surface area contributed by atoms with Gasteiger partial charge in [-0.1, -0.05) is 13.8 Å². The van der Waals surface area contributed by atoms with Gasteiger partial charge in [0, 0.05) is 24.0 Å². The molecular weight excluding hydrogens is 210 g/mol. The number of hydrogen-bond donors (Lipinski definition) is 2. The van der Waals surface area contributed by atoms with Crippen molar-refractivity contribution in [3.05, 3.63) is 5.82 Å². The second kappa shape index (κ2) is 4.45. The molecule has 0 bridgehead atoms. The summed E-state index contributed by atoms with van der Waals surface area (Å²) >= 11 is 1.37. The number of anilines is 1. The second-order valence-corrected chi connectivity index (χ2v) is 5.15. The molecule has 84 valence electrons. The fourth-order valence-corrected chi connectivity index (χ4v) is 2.09. The zero-order valence-corrected chi connectivity index (χ0v) is 9.92. The van der Waals surface area contributed by atoms with Gasteiger partial charge in [-0.2, -0.15) is 4.37 Å². The van der Waals surface area contributed by atoms with Crippen LogP contribution in [0.15, 0.2) is 0 Å². The van der Waals surface area contributed by atoms with Gasteiger partial charge in [0.05, 0.1) is 6.10 Å². The Morgan fingerprint density at radius 3 is 2.80 bits per heavy atom. The summed E-state index contributed by atoms with van der Waals surface area (Å²) in [4.78, 5) is 4.35. The predicted octanol–water partition coefficient (Wildman–Crippen LogP) is 1.84. The first-order chi connectivity index (χ1) is 7.16. The molecule has 2 N–H and O–H groups in total. The number of nitrogens with one attached hydrogen (secondary N) is 1. The molecule has 0 saturated heterocycles. The summed E-state index contributed by atoms with van der Waals surface area (Å²) < 4.78 is 4.24. The Hall–Kier alpha value is -0.680. The molecule has 1 saturated carbocycles. The van der Waals surface area contributed by atoms with E-state index < -0.39 is 0 Å². The first-order valence-electron chi connectivity index (χ1n) is 5.42. The quantitative estimate of drug-likeness (QED) is 0.806. The zero-order chi connectivity index (χ0) is 10.8. The normalized spacial score (nSPS) is 18.1. The van der Waals surface area contributed by atoms with Crippen LogP contribution in [0.1, 0.15) is 38.4 Å². The predicted molar refractivity (Wildman–Crippen MR) is 61.2 cm³/mol. The van der Waals surface area contributed by atoms with Crippen LogP contribution >= 0.6 is 11.5 Å². The molecular formula is C10H17N3OS. The molecule has 1 heterocycles. The molecule has 1 aromatic rings. The van der Waals surface area contributed by atoms with Gasteiger partial charge in [-0.15, -0.1) is 0 Å². The van der Waals surface area contributed by atoms with Crippen molar-refractivity contribution in [3.8, 4) is 0 Å². The highest BCUT2D eigenvalue weighted by Crippen LogP contribution is 2.32. The van der Waals surface area contributed by atoms with E-state index in [1.807, 2.05) is 0 Å². The molecule has 0 spiro atoms. The number of aromatic nitrogens is 2. The third kappa shape index (κ3) is 2.89. The molecule has 1 unspecified atom stereocenters. The molecule has 1 atom stereocenters. The molecule has 15 heavy (non-hydrogen) atoms. The van der Waals surface area contributed by atoms with Crippen LogP contribution in [0.2, 0.25) is 0 Å². The lowest BCUT2D eigenvalue weighted by molar-refractivity contribution is 0.164. The fourth-order valence-electron chi connectivity index (χ4n) is 1.38. The topological polar surface area (TPSA) is 58.0 Å². The van der Waals surface area contributed by atoms with Crippen molar-refractivity contribution in [1.82, 2.24) is 9.36 Å². The maximum absolute atomic E-state index is 9.66. The molecule has 0 radical (unpaired) electrons. The van der Waals surface area contributed by atoms with Gasteiger partial charge in [0.25, 0.3) is 0 Å². The number of aliphatic hydroxyl groups is 1.